The fraction of sp³-hybridized carbons (Fsp3) is 0.294. The van der Waals surface area contributed by atoms with E-state index in [0.29, 0.717) is 0 Å². The Morgan fingerprint density at radius 1 is 1.00 bits per heavy atom. The lowest BCUT2D eigenvalue weighted by molar-refractivity contribution is 1.05. The highest BCUT2D eigenvalue weighted by Crippen LogP contribution is 2.42. The van der Waals surface area contributed by atoms with E-state index in [2.05, 4.69) is 79.5 Å². The first-order valence-corrected chi connectivity index (χ1v) is 6.97. The number of hydrogen-bond acceptors (Lipinski definition) is 3. The van der Waals surface area contributed by atoms with Crippen LogP contribution in [0.3, 0.4) is 0 Å². The standard InChI is InChI=1S/C17H21N3/c1-12-9-10-16(17(13(12)2)19(3)4)20-11-18-14-7-5-6-8-15(14)20/h5-10,18H,11H2,1-4H3. The van der Waals surface area contributed by atoms with Crippen LogP contribution in [-0.2, 0) is 0 Å². The van der Waals surface area contributed by atoms with Crippen molar-refractivity contribution in [2.75, 3.05) is 35.9 Å². The fourth-order valence-corrected chi connectivity index (χ4v) is 2.89. The molecule has 1 heterocycles. The predicted octanol–water partition coefficient (Wildman–Crippen LogP) is 3.89. The number of nitrogens with one attached hydrogen (secondary N) is 1. The average Bonchev–Trinajstić information content (AvgIpc) is 2.85. The molecule has 0 unspecified atom stereocenters. The molecule has 0 bridgehead atoms. The molecule has 3 heteroatoms. The lowest BCUT2D eigenvalue weighted by atomic mass is 10.0. The van der Waals surface area contributed by atoms with Gasteiger partial charge in [0.25, 0.3) is 0 Å². The zero-order valence-corrected chi connectivity index (χ0v) is 12.6. The van der Waals surface area contributed by atoms with E-state index in [9.17, 15) is 0 Å². The number of hydrogen-bond donors (Lipinski definition) is 1. The van der Waals surface area contributed by atoms with E-state index in [4.69, 9.17) is 0 Å². The highest BCUT2D eigenvalue weighted by molar-refractivity contribution is 5.87. The zero-order valence-electron chi connectivity index (χ0n) is 12.6. The highest BCUT2D eigenvalue weighted by Gasteiger charge is 2.23. The van der Waals surface area contributed by atoms with E-state index < -0.39 is 0 Å². The van der Waals surface area contributed by atoms with Crippen molar-refractivity contribution in [1.29, 1.82) is 0 Å². The van der Waals surface area contributed by atoms with Crippen LogP contribution in [0, 0.1) is 13.8 Å². The molecule has 0 saturated heterocycles. The molecule has 0 spiro atoms. The molecule has 3 rings (SSSR count). The molecule has 104 valence electrons. The highest BCUT2D eigenvalue weighted by atomic mass is 15.3. The van der Waals surface area contributed by atoms with Crippen molar-refractivity contribution in [3.8, 4) is 0 Å². The maximum absolute atomic E-state index is 3.46. The molecule has 3 nitrogen and oxygen atoms in total. The summed E-state index contributed by atoms with van der Waals surface area (Å²) in [6.07, 6.45) is 0. The Morgan fingerprint density at radius 2 is 1.75 bits per heavy atom. The van der Waals surface area contributed by atoms with Crippen molar-refractivity contribution in [3.05, 3.63) is 47.5 Å². The van der Waals surface area contributed by atoms with Gasteiger partial charge in [0.1, 0.15) is 0 Å². The van der Waals surface area contributed by atoms with Crippen LogP contribution in [0.5, 0.6) is 0 Å². The number of rotatable bonds is 2. The zero-order chi connectivity index (χ0) is 14.3. The van der Waals surface area contributed by atoms with E-state index in [1.165, 1.54) is 33.9 Å². The normalized spacial score (nSPS) is 13.1. The summed E-state index contributed by atoms with van der Waals surface area (Å²) in [7, 11) is 4.22. The monoisotopic (exact) mass is 267 g/mol. The topological polar surface area (TPSA) is 18.5 Å². The third kappa shape index (κ3) is 1.90. The van der Waals surface area contributed by atoms with E-state index in [1.54, 1.807) is 0 Å². The van der Waals surface area contributed by atoms with Crippen molar-refractivity contribution in [1.82, 2.24) is 0 Å². The maximum atomic E-state index is 3.46. The molecule has 0 saturated carbocycles. The van der Waals surface area contributed by atoms with Crippen LogP contribution in [0.25, 0.3) is 0 Å². The molecule has 20 heavy (non-hydrogen) atoms. The molecule has 0 fully saturated rings. The Hall–Kier alpha value is -2.16. The SMILES string of the molecule is Cc1ccc(N2CNc3ccccc32)c(N(C)C)c1C. The summed E-state index contributed by atoms with van der Waals surface area (Å²) in [5, 5.41) is 3.46. The number of benzene rings is 2. The molecule has 1 aliphatic rings. The molecule has 0 aliphatic carbocycles. The largest absolute Gasteiger partial charge is 0.376 e. The second kappa shape index (κ2) is 4.75. The fourth-order valence-electron chi connectivity index (χ4n) is 2.89. The molecule has 0 radical (unpaired) electrons. The summed E-state index contributed by atoms with van der Waals surface area (Å²) in [6.45, 7) is 5.19. The third-order valence-corrected chi connectivity index (χ3v) is 4.04. The van der Waals surface area contributed by atoms with Crippen molar-refractivity contribution >= 4 is 22.7 Å². The van der Waals surface area contributed by atoms with Crippen LogP contribution in [-0.4, -0.2) is 20.8 Å². The molecule has 1 aliphatic heterocycles. The van der Waals surface area contributed by atoms with Crippen LogP contribution in [0.4, 0.5) is 22.7 Å². The number of para-hydroxylation sites is 2. The van der Waals surface area contributed by atoms with Crippen LogP contribution in [0.1, 0.15) is 11.1 Å². The first kappa shape index (κ1) is 12.9. The second-order valence-electron chi connectivity index (χ2n) is 5.55. The minimum Gasteiger partial charge on any atom is -0.376 e. The van der Waals surface area contributed by atoms with Gasteiger partial charge in [-0.15, -0.1) is 0 Å². The van der Waals surface area contributed by atoms with E-state index >= 15 is 0 Å². The Morgan fingerprint density at radius 3 is 2.50 bits per heavy atom. The number of aryl methyl sites for hydroxylation is 1. The van der Waals surface area contributed by atoms with Gasteiger partial charge in [-0.1, -0.05) is 18.2 Å². The molecule has 0 atom stereocenters. The number of fused-ring (bicyclic) bond motifs is 1. The second-order valence-corrected chi connectivity index (χ2v) is 5.55. The Kier molecular flexibility index (Phi) is 3.05. The number of nitrogens with zero attached hydrogens (tertiary/aromatic N) is 2. The van der Waals surface area contributed by atoms with Gasteiger partial charge in [-0.05, 0) is 43.2 Å². The minimum atomic E-state index is 0.822. The summed E-state index contributed by atoms with van der Waals surface area (Å²) in [4.78, 5) is 4.55. The lowest BCUT2D eigenvalue weighted by Crippen LogP contribution is -2.21. The minimum absolute atomic E-state index is 0.822. The Bertz CT molecular complexity index is 647. The van der Waals surface area contributed by atoms with Gasteiger partial charge in [-0.2, -0.15) is 0 Å². The smallest absolute Gasteiger partial charge is 0.0927 e. The molecule has 0 aromatic heterocycles. The lowest BCUT2D eigenvalue weighted by Gasteiger charge is -2.27. The average molecular weight is 267 g/mol. The molecule has 1 N–H and O–H groups in total. The maximum Gasteiger partial charge on any atom is 0.0927 e. The molecule has 2 aromatic rings. The van der Waals surface area contributed by atoms with Crippen molar-refractivity contribution < 1.29 is 0 Å². The van der Waals surface area contributed by atoms with Crippen LogP contribution < -0.4 is 15.1 Å². The molecular weight excluding hydrogens is 246 g/mol. The molecule has 0 amide bonds. The van der Waals surface area contributed by atoms with Crippen molar-refractivity contribution in [2.24, 2.45) is 0 Å². The van der Waals surface area contributed by atoms with E-state index in [-0.39, 0.29) is 0 Å². The quantitative estimate of drug-likeness (QED) is 0.890. The Labute approximate surface area is 120 Å². The summed E-state index contributed by atoms with van der Waals surface area (Å²) < 4.78 is 0. The van der Waals surface area contributed by atoms with Crippen molar-refractivity contribution in [2.45, 2.75) is 13.8 Å². The first-order valence-electron chi connectivity index (χ1n) is 6.97. The van der Waals surface area contributed by atoms with Gasteiger partial charge in [0.2, 0.25) is 0 Å². The predicted molar refractivity (Wildman–Crippen MR) is 87.3 cm³/mol. The van der Waals surface area contributed by atoms with E-state index in [1.807, 2.05) is 0 Å². The van der Waals surface area contributed by atoms with Gasteiger partial charge in [0, 0.05) is 14.1 Å². The van der Waals surface area contributed by atoms with Gasteiger partial charge < -0.3 is 15.1 Å². The first-order chi connectivity index (χ1) is 9.59. The molecule has 2 aromatic carbocycles. The summed E-state index contributed by atoms with van der Waals surface area (Å²) in [5.74, 6) is 0. The number of anilines is 4. The van der Waals surface area contributed by atoms with Gasteiger partial charge in [-0.3, -0.25) is 0 Å². The summed E-state index contributed by atoms with van der Waals surface area (Å²) in [6, 6.07) is 12.9. The van der Waals surface area contributed by atoms with Gasteiger partial charge in [-0.25, -0.2) is 0 Å². The van der Waals surface area contributed by atoms with Crippen LogP contribution in [0.15, 0.2) is 36.4 Å². The van der Waals surface area contributed by atoms with Gasteiger partial charge in [0.15, 0.2) is 0 Å². The van der Waals surface area contributed by atoms with Crippen LogP contribution in [0.2, 0.25) is 0 Å². The summed E-state index contributed by atoms with van der Waals surface area (Å²) >= 11 is 0. The van der Waals surface area contributed by atoms with Gasteiger partial charge in [0.05, 0.1) is 29.4 Å². The van der Waals surface area contributed by atoms with Crippen LogP contribution >= 0.6 is 0 Å². The van der Waals surface area contributed by atoms with Gasteiger partial charge >= 0.3 is 0 Å². The molecular formula is C17H21N3. The summed E-state index contributed by atoms with van der Waals surface area (Å²) in [5.41, 5.74) is 7.68. The van der Waals surface area contributed by atoms with Crippen molar-refractivity contribution in [3.63, 3.8) is 0 Å². The Balaban J connectivity index is 2.15. The van der Waals surface area contributed by atoms with E-state index in [0.717, 1.165) is 6.67 Å². The third-order valence-electron chi connectivity index (χ3n) is 4.04.